The van der Waals surface area contributed by atoms with E-state index >= 15 is 0 Å². The minimum atomic E-state index is -0.598. The van der Waals surface area contributed by atoms with Crippen LogP contribution in [0.25, 0.3) is 10.8 Å². The van der Waals surface area contributed by atoms with Gasteiger partial charge in [0.15, 0.2) is 6.61 Å². The van der Waals surface area contributed by atoms with Gasteiger partial charge in [0.25, 0.3) is 0 Å². The number of esters is 1. The minimum Gasteiger partial charge on any atom is -0.457 e. The normalized spacial score (nSPS) is 11.5. The van der Waals surface area contributed by atoms with Gasteiger partial charge in [0, 0.05) is 5.70 Å². The molecule has 5 nitrogen and oxygen atoms in total. The maximum atomic E-state index is 11.9. The molecule has 5 heteroatoms. The average molecular weight is 308 g/mol. The molecule has 0 saturated carbocycles. The SMILES string of the molecule is C/C(N)=C(\C#N)C(=O)COC(=O)Cc1cccc2ccccc12. The van der Waals surface area contributed by atoms with Gasteiger partial charge in [-0.15, -0.1) is 0 Å². The Labute approximate surface area is 134 Å². The zero-order chi connectivity index (χ0) is 16.8. The predicted octanol–water partition coefficient (Wildman–Crippen LogP) is 2.25. The van der Waals surface area contributed by atoms with Crippen LogP contribution in [0.15, 0.2) is 53.7 Å². The Bertz CT molecular complexity index is 822. The molecule has 2 rings (SSSR count). The van der Waals surface area contributed by atoms with Crippen molar-refractivity contribution in [3.63, 3.8) is 0 Å². The number of fused-ring (bicyclic) bond motifs is 1. The quantitative estimate of drug-likeness (QED) is 0.519. The van der Waals surface area contributed by atoms with E-state index in [1.165, 1.54) is 6.92 Å². The molecule has 2 aromatic carbocycles. The van der Waals surface area contributed by atoms with E-state index in [2.05, 4.69) is 0 Å². The fourth-order valence-electron chi connectivity index (χ4n) is 2.24. The highest BCUT2D eigenvalue weighted by Crippen LogP contribution is 2.19. The van der Waals surface area contributed by atoms with Crippen LogP contribution < -0.4 is 5.73 Å². The van der Waals surface area contributed by atoms with Crippen LogP contribution in [-0.4, -0.2) is 18.4 Å². The van der Waals surface area contributed by atoms with Crippen LogP contribution in [0.5, 0.6) is 0 Å². The summed E-state index contributed by atoms with van der Waals surface area (Å²) in [4.78, 5) is 23.7. The maximum Gasteiger partial charge on any atom is 0.310 e. The number of ketones is 1. The standard InChI is InChI=1S/C18H16N2O3/c1-12(20)16(10-19)17(21)11-23-18(22)9-14-7-4-6-13-5-2-3-8-15(13)14/h2-8H,9,11,20H2,1H3/b16-12-. The fourth-order valence-corrected chi connectivity index (χ4v) is 2.24. The summed E-state index contributed by atoms with van der Waals surface area (Å²) in [6.07, 6.45) is 0.0574. The van der Waals surface area contributed by atoms with Crippen molar-refractivity contribution in [2.24, 2.45) is 5.73 Å². The third kappa shape index (κ3) is 3.95. The van der Waals surface area contributed by atoms with Crippen LogP contribution >= 0.6 is 0 Å². The number of nitrogens with zero attached hydrogens (tertiary/aromatic N) is 1. The van der Waals surface area contributed by atoms with Crippen molar-refractivity contribution >= 4 is 22.5 Å². The highest BCUT2D eigenvalue weighted by molar-refractivity contribution is 6.01. The zero-order valence-corrected chi connectivity index (χ0v) is 12.7. The highest BCUT2D eigenvalue weighted by atomic mass is 16.5. The number of hydrogen-bond acceptors (Lipinski definition) is 5. The van der Waals surface area contributed by atoms with Gasteiger partial charge in [-0.2, -0.15) is 5.26 Å². The Morgan fingerprint density at radius 2 is 1.87 bits per heavy atom. The van der Waals surface area contributed by atoms with E-state index in [9.17, 15) is 9.59 Å². The van der Waals surface area contributed by atoms with Crippen molar-refractivity contribution < 1.29 is 14.3 Å². The van der Waals surface area contributed by atoms with E-state index < -0.39 is 18.4 Å². The van der Waals surface area contributed by atoms with E-state index in [0.717, 1.165) is 16.3 Å². The summed E-state index contributed by atoms with van der Waals surface area (Å²) in [5.41, 5.74) is 6.20. The van der Waals surface area contributed by atoms with Crippen molar-refractivity contribution in [3.8, 4) is 6.07 Å². The number of nitriles is 1. The highest BCUT2D eigenvalue weighted by Gasteiger charge is 2.15. The van der Waals surface area contributed by atoms with Gasteiger partial charge in [-0.05, 0) is 23.3 Å². The molecule has 0 atom stereocenters. The number of Topliss-reactive ketones (excluding diaryl/α,β-unsaturated/α-hetero) is 1. The lowest BCUT2D eigenvalue weighted by molar-refractivity contribution is -0.146. The van der Waals surface area contributed by atoms with Gasteiger partial charge in [0.05, 0.1) is 6.42 Å². The second kappa shape index (κ2) is 7.23. The number of benzene rings is 2. The average Bonchev–Trinajstić information content (AvgIpc) is 2.53. The summed E-state index contributed by atoms with van der Waals surface area (Å²) in [7, 11) is 0. The summed E-state index contributed by atoms with van der Waals surface area (Å²) in [5.74, 6) is -1.12. The Morgan fingerprint density at radius 1 is 1.17 bits per heavy atom. The predicted molar refractivity (Wildman–Crippen MR) is 86.1 cm³/mol. The Hall–Kier alpha value is -3.13. The largest absolute Gasteiger partial charge is 0.457 e. The van der Waals surface area contributed by atoms with Crippen LogP contribution in [0.2, 0.25) is 0 Å². The first-order chi connectivity index (χ1) is 11.0. The molecular weight excluding hydrogens is 292 g/mol. The minimum absolute atomic E-state index is 0.0574. The summed E-state index contributed by atoms with van der Waals surface area (Å²) in [6.45, 7) is 0.968. The number of rotatable bonds is 5. The summed E-state index contributed by atoms with van der Waals surface area (Å²) in [6, 6.07) is 15.1. The van der Waals surface area contributed by atoms with Crippen LogP contribution in [0.1, 0.15) is 12.5 Å². The number of carbonyl (C=O) groups is 2. The summed E-state index contributed by atoms with van der Waals surface area (Å²) >= 11 is 0. The number of ether oxygens (including phenoxy) is 1. The van der Waals surface area contributed by atoms with Gasteiger partial charge in [-0.1, -0.05) is 42.5 Å². The first kappa shape index (κ1) is 16.2. The molecule has 0 amide bonds. The lowest BCUT2D eigenvalue weighted by atomic mass is 10.0. The first-order valence-electron chi connectivity index (χ1n) is 7.05. The molecule has 0 aliphatic carbocycles. The van der Waals surface area contributed by atoms with E-state index in [1.807, 2.05) is 42.5 Å². The van der Waals surface area contributed by atoms with Gasteiger partial charge >= 0.3 is 5.97 Å². The lowest BCUT2D eigenvalue weighted by Gasteiger charge is -2.07. The molecule has 0 spiro atoms. The van der Waals surface area contributed by atoms with Crippen LogP contribution in [0.4, 0.5) is 0 Å². The zero-order valence-electron chi connectivity index (χ0n) is 12.7. The second-order valence-electron chi connectivity index (χ2n) is 5.07. The molecule has 0 heterocycles. The lowest BCUT2D eigenvalue weighted by Crippen LogP contribution is -2.18. The van der Waals surface area contributed by atoms with Gasteiger partial charge < -0.3 is 10.5 Å². The summed E-state index contributed by atoms with van der Waals surface area (Å²) in [5, 5.41) is 10.8. The molecule has 0 saturated heterocycles. The Kier molecular flexibility index (Phi) is 5.11. The van der Waals surface area contributed by atoms with Crippen molar-refractivity contribution in [1.29, 1.82) is 5.26 Å². The molecule has 2 aromatic rings. The third-order valence-electron chi connectivity index (χ3n) is 3.36. The maximum absolute atomic E-state index is 11.9. The topological polar surface area (TPSA) is 93.2 Å². The molecule has 0 bridgehead atoms. The molecule has 2 N–H and O–H groups in total. The molecule has 23 heavy (non-hydrogen) atoms. The van der Waals surface area contributed by atoms with Gasteiger partial charge in [0.1, 0.15) is 11.6 Å². The molecular formula is C18H16N2O3. The van der Waals surface area contributed by atoms with E-state index in [1.54, 1.807) is 6.07 Å². The van der Waals surface area contributed by atoms with Crippen molar-refractivity contribution in [3.05, 3.63) is 59.3 Å². The van der Waals surface area contributed by atoms with E-state index in [-0.39, 0.29) is 17.7 Å². The smallest absolute Gasteiger partial charge is 0.310 e. The Balaban J connectivity index is 2.04. The van der Waals surface area contributed by atoms with Gasteiger partial charge in [0.2, 0.25) is 5.78 Å². The number of hydrogen-bond donors (Lipinski definition) is 1. The van der Waals surface area contributed by atoms with Crippen molar-refractivity contribution in [2.45, 2.75) is 13.3 Å². The van der Waals surface area contributed by atoms with Crippen molar-refractivity contribution in [2.75, 3.05) is 6.61 Å². The van der Waals surface area contributed by atoms with Crippen molar-refractivity contribution in [1.82, 2.24) is 0 Å². The van der Waals surface area contributed by atoms with Crippen LogP contribution in [-0.2, 0) is 20.7 Å². The number of allylic oxidation sites excluding steroid dienone is 1. The number of carbonyl (C=O) groups excluding carboxylic acids is 2. The molecule has 0 fully saturated rings. The van der Waals surface area contributed by atoms with E-state index in [0.29, 0.717) is 0 Å². The number of nitrogens with two attached hydrogens (primary N) is 1. The van der Waals surface area contributed by atoms with E-state index in [4.69, 9.17) is 15.7 Å². The molecule has 116 valence electrons. The monoisotopic (exact) mass is 308 g/mol. The molecule has 0 aromatic heterocycles. The Morgan fingerprint density at radius 3 is 2.57 bits per heavy atom. The van der Waals surface area contributed by atoms with Gasteiger partial charge in [-0.3, -0.25) is 9.59 Å². The van der Waals surface area contributed by atoms with Gasteiger partial charge in [-0.25, -0.2) is 0 Å². The third-order valence-corrected chi connectivity index (χ3v) is 3.36. The molecule has 0 unspecified atom stereocenters. The van der Waals surface area contributed by atoms with Crippen LogP contribution in [0, 0.1) is 11.3 Å². The first-order valence-corrected chi connectivity index (χ1v) is 7.05. The molecule has 0 aliphatic rings. The summed E-state index contributed by atoms with van der Waals surface area (Å²) < 4.78 is 4.96. The fraction of sp³-hybridized carbons (Fsp3) is 0.167. The second-order valence-corrected chi connectivity index (χ2v) is 5.07. The molecule has 0 radical (unpaired) electrons. The molecule has 0 aliphatic heterocycles. The van der Waals surface area contributed by atoms with Crippen LogP contribution in [0.3, 0.4) is 0 Å².